The molecule has 0 aromatic carbocycles. The van der Waals surface area contributed by atoms with Crippen molar-refractivity contribution in [2.45, 2.75) is 253 Å². The molecule has 0 heterocycles. The maximum Gasteiger partial charge on any atom is 0.306 e. The van der Waals surface area contributed by atoms with Crippen LogP contribution in [0, 0.1) is 11.8 Å². The van der Waals surface area contributed by atoms with Crippen LogP contribution in [0.2, 0.25) is 0 Å². The third-order valence-corrected chi connectivity index (χ3v) is 10.6. The summed E-state index contributed by atoms with van der Waals surface area (Å²) in [5.41, 5.74) is 0. The van der Waals surface area contributed by atoms with Crippen LogP contribution in [0.15, 0.2) is 0 Å². The zero-order valence-electron chi connectivity index (χ0n) is 35.4. The number of rotatable bonds is 40. The van der Waals surface area contributed by atoms with E-state index >= 15 is 0 Å². The Labute approximate surface area is 323 Å². The van der Waals surface area contributed by atoms with Gasteiger partial charge in [-0.3, -0.25) is 14.4 Å². The van der Waals surface area contributed by atoms with E-state index in [1.807, 2.05) is 0 Å². The molecule has 0 fully saturated rings. The second kappa shape index (κ2) is 39.1. The van der Waals surface area contributed by atoms with E-state index in [4.69, 9.17) is 14.2 Å². The predicted molar refractivity (Wildman–Crippen MR) is 220 cm³/mol. The zero-order chi connectivity index (χ0) is 38.3. The second-order valence-electron chi connectivity index (χ2n) is 16.4. The van der Waals surface area contributed by atoms with Crippen LogP contribution in [-0.2, 0) is 28.6 Å². The van der Waals surface area contributed by atoms with Gasteiger partial charge < -0.3 is 14.2 Å². The molecule has 0 amide bonds. The topological polar surface area (TPSA) is 78.9 Å². The molecular weight excluding hydrogens is 648 g/mol. The van der Waals surface area contributed by atoms with Crippen molar-refractivity contribution in [2.24, 2.45) is 11.8 Å². The highest BCUT2D eigenvalue weighted by atomic mass is 16.6. The summed E-state index contributed by atoms with van der Waals surface area (Å²) < 4.78 is 16.7. The summed E-state index contributed by atoms with van der Waals surface area (Å²) in [7, 11) is 0. The van der Waals surface area contributed by atoms with Gasteiger partial charge in [0, 0.05) is 19.3 Å². The molecule has 0 saturated heterocycles. The number of esters is 3. The van der Waals surface area contributed by atoms with Crippen LogP contribution < -0.4 is 0 Å². The summed E-state index contributed by atoms with van der Waals surface area (Å²) in [6.45, 7) is 11.3. The molecule has 0 aliphatic heterocycles. The van der Waals surface area contributed by atoms with Crippen LogP contribution in [0.25, 0.3) is 0 Å². The van der Waals surface area contributed by atoms with Gasteiger partial charge in [0.1, 0.15) is 13.2 Å². The molecule has 6 heteroatoms. The molecule has 0 saturated carbocycles. The number of hydrogen-bond acceptors (Lipinski definition) is 6. The van der Waals surface area contributed by atoms with Crippen molar-refractivity contribution in [3.05, 3.63) is 0 Å². The third-order valence-electron chi connectivity index (χ3n) is 10.6. The second-order valence-corrected chi connectivity index (χ2v) is 16.4. The first-order valence-electron chi connectivity index (χ1n) is 22.8. The minimum absolute atomic E-state index is 0.0653. The van der Waals surface area contributed by atoms with Crippen LogP contribution >= 0.6 is 0 Å². The Morgan fingerprint density at radius 3 is 1.10 bits per heavy atom. The largest absolute Gasteiger partial charge is 0.462 e. The Morgan fingerprint density at radius 2 is 0.731 bits per heavy atom. The number of hydrogen-bond donors (Lipinski definition) is 0. The summed E-state index contributed by atoms with van der Waals surface area (Å²) in [4.78, 5) is 37.7. The molecule has 0 aromatic heterocycles. The first kappa shape index (κ1) is 50.4. The monoisotopic (exact) mass is 737 g/mol. The van der Waals surface area contributed by atoms with Gasteiger partial charge in [-0.05, 0) is 31.1 Å². The summed E-state index contributed by atoms with van der Waals surface area (Å²) >= 11 is 0. The lowest BCUT2D eigenvalue weighted by Crippen LogP contribution is -2.30. The van der Waals surface area contributed by atoms with Gasteiger partial charge in [-0.15, -0.1) is 0 Å². The van der Waals surface area contributed by atoms with Gasteiger partial charge in [0.05, 0.1) is 0 Å². The van der Waals surface area contributed by atoms with E-state index in [2.05, 4.69) is 34.6 Å². The number of unbranched alkanes of at least 4 members (excludes halogenated alkanes) is 24. The van der Waals surface area contributed by atoms with Gasteiger partial charge in [0.25, 0.3) is 0 Å². The van der Waals surface area contributed by atoms with E-state index in [9.17, 15) is 14.4 Å². The molecule has 0 aromatic rings. The van der Waals surface area contributed by atoms with Crippen LogP contribution in [0.5, 0.6) is 0 Å². The third kappa shape index (κ3) is 38.1. The Balaban J connectivity index is 4.35. The molecule has 1 unspecified atom stereocenters. The summed E-state index contributed by atoms with van der Waals surface area (Å²) in [5.74, 6) is 0.793. The average Bonchev–Trinajstić information content (AvgIpc) is 3.12. The smallest absolute Gasteiger partial charge is 0.306 e. The highest BCUT2D eigenvalue weighted by molar-refractivity contribution is 5.71. The van der Waals surface area contributed by atoms with Crippen LogP contribution in [0.1, 0.15) is 247 Å². The Bertz CT molecular complexity index is 796. The highest BCUT2D eigenvalue weighted by Gasteiger charge is 2.19. The van der Waals surface area contributed by atoms with Gasteiger partial charge in [0.2, 0.25) is 0 Å². The summed E-state index contributed by atoms with van der Waals surface area (Å²) in [6.07, 6.45) is 36.5. The molecule has 0 rings (SSSR count). The van der Waals surface area contributed by atoms with Gasteiger partial charge in [-0.25, -0.2) is 0 Å². The average molecular weight is 737 g/mol. The van der Waals surface area contributed by atoms with E-state index in [0.717, 1.165) is 69.6 Å². The van der Waals surface area contributed by atoms with E-state index in [-0.39, 0.29) is 31.1 Å². The van der Waals surface area contributed by atoms with Crippen molar-refractivity contribution >= 4 is 17.9 Å². The standard InChI is InChI=1S/C46H88O6/c1-6-8-9-10-11-12-15-21-26-31-36-44(47)50-39-43(52-46(49)38-33-28-23-16-13-14-19-24-29-34-41(3)4)40-51-45(48)37-32-27-22-18-17-20-25-30-35-42(5)7-2/h41-43H,6-40H2,1-5H3/t42?,43-/m0/s1. The van der Waals surface area contributed by atoms with Crippen LogP contribution in [0.4, 0.5) is 0 Å². The van der Waals surface area contributed by atoms with Crippen molar-refractivity contribution in [3.63, 3.8) is 0 Å². The Hall–Kier alpha value is -1.59. The SMILES string of the molecule is CCCCCCCCCCCCC(=O)OC[C@@H](COC(=O)CCCCCCCCCCC(C)CC)OC(=O)CCCCCCCCCCCC(C)C. The van der Waals surface area contributed by atoms with E-state index in [1.165, 1.54) is 135 Å². The lowest BCUT2D eigenvalue weighted by molar-refractivity contribution is -0.167. The Morgan fingerprint density at radius 1 is 0.404 bits per heavy atom. The van der Waals surface area contributed by atoms with Crippen molar-refractivity contribution < 1.29 is 28.6 Å². The van der Waals surface area contributed by atoms with Gasteiger partial charge in [0.15, 0.2) is 6.10 Å². The number of carbonyl (C=O) groups is 3. The molecule has 0 aliphatic rings. The number of ether oxygens (including phenoxy) is 3. The van der Waals surface area contributed by atoms with E-state index in [0.29, 0.717) is 19.3 Å². The number of carbonyl (C=O) groups excluding carboxylic acids is 3. The maximum absolute atomic E-state index is 12.7. The van der Waals surface area contributed by atoms with Crippen molar-refractivity contribution in [1.29, 1.82) is 0 Å². The summed E-state index contributed by atoms with van der Waals surface area (Å²) in [6, 6.07) is 0. The predicted octanol–water partition coefficient (Wildman–Crippen LogP) is 14.2. The van der Waals surface area contributed by atoms with E-state index < -0.39 is 6.10 Å². The molecule has 0 aliphatic carbocycles. The normalized spacial score (nSPS) is 12.6. The lowest BCUT2D eigenvalue weighted by Gasteiger charge is -2.18. The van der Waals surface area contributed by atoms with Crippen molar-refractivity contribution in [1.82, 2.24) is 0 Å². The fourth-order valence-corrected chi connectivity index (χ4v) is 6.72. The fraction of sp³-hybridized carbons (Fsp3) is 0.935. The molecule has 0 bridgehead atoms. The minimum Gasteiger partial charge on any atom is -0.462 e. The molecule has 6 nitrogen and oxygen atoms in total. The minimum atomic E-state index is -0.760. The van der Waals surface area contributed by atoms with Gasteiger partial charge in [-0.2, -0.15) is 0 Å². The van der Waals surface area contributed by atoms with Crippen LogP contribution in [0.3, 0.4) is 0 Å². The Kier molecular flexibility index (Phi) is 37.9. The summed E-state index contributed by atoms with van der Waals surface area (Å²) in [5, 5.41) is 0. The first-order valence-corrected chi connectivity index (χ1v) is 22.8. The van der Waals surface area contributed by atoms with Crippen LogP contribution in [-0.4, -0.2) is 37.2 Å². The highest BCUT2D eigenvalue weighted by Crippen LogP contribution is 2.17. The van der Waals surface area contributed by atoms with Crippen molar-refractivity contribution in [3.8, 4) is 0 Å². The molecular formula is C46H88O6. The zero-order valence-corrected chi connectivity index (χ0v) is 35.4. The molecule has 308 valence electrons. The molecule has 0 spiro atoms. The van der Waals surface area contributed by atoms with E-state index in [1.54, 1.807) is 0 Å². The molecule has 2 atom stereocenters. The lowest BCUT2D eigenvalue weighted by atomic mass is 9.99. The van der Waals surface area contributed by atoms with Gasteiger partial charge >= 0.3 is 17.9 Å². The quantitative estimate of drug-likeness (QED) is 0.0354. The maximum atomic E-state index is 12.7. The fourth-order valence-electron chi connectivity index (χ4n) is 6.72. The molecule has 0 N–H and O–H groups in total. The van der Waals surface area contributed by atoms with Crippen molar-refractivity contribution in [2.75, 3.05) is 13.2 Å². The van der Waals surface area contributed by atoms with Gasteiger partial charge in [-0.1, -0.05) is 208 Å². The first-order chi connectivity index (χ1) is 25.3. The molecule has 52 heavy (non-hydrogen) atoms. The molecule has 0 radical (unpaired) electrons.